The van der Waals surface area contributed by atoms with Gasteiger partial charge in [-0.3, -0.25) is 4.79 Å². The molecule has 0 aliphatic heterocycles. The van der Waals surface area contributed by atoms with E-state index in [1.165, 1.54) is 6.42 Å². The van der Waals surface area contributed by atoms with Crippen molar-refractivity contribution in [3.8, 4) is 0 Å². The molecule has 7 nitrogen and oxygen atoms in total. The fraction of sp³-hybridized carbons (Fsp3) is 0.444. The lowest BCUT2D eigenvalue weighted by Crippen LogP contribution is -2.44. The number of benzene rings is 2. The summed E-state index contributed by atoms with van der Waals surface area (Å²) in [5, 5.41) is 5.66. The Morgan fingerprint density at radius 2 is 1.47 bits per heavy atom. The van der Waals surface area contributed by atoms with Gasteiger partial charge in [-0.2, -0.15) is 0 Å². The Balaban J connectivity index is 1.53. The summed E-state index contributed by atoms with van der Waals surface area (Å²) in [5.41, 5.74) is 1.67. The van der Waals surface area contributed by atoms with Gasteiger partial charge in [-0.25, -0.2) is 9.59 Å². The highest BCUT2D eigenvalue weighted by Gasteiger charge is 2.26. The van der Waals surface area contributed by atoms with Gasteiger partial charge in [0, 0.05) is 12.5 Å². The summed E-state index contributed by atoms with van der Waals surface area (Å²) in [6.07, 6.45) is 3.88. The van der Waals surface area contributed by atoms with E-state index >= 15 is 0 Å². The molecule has 3 unspecified atom stereocenters. The third kappa shape index (κ3) is 8.54. The molecule has 1 saturated carbocycles. The molecule has 0 saturated heterocycles. The van der Waals surface area contributed by atoms with Gasteiger partial charge in [-0.15, -0.1) is 0 Å². The number of alkyl carbamates (subject to hydrolysis) is 1. The van der Waals surface area contributed by atoms with Gasteiger partial charge in [-0.05, 0) is 36.3 Å². The van der Waals surface area contributed by atoms with Crippen LogP contribution in [0.2, 0.25) is 0 Å². The van der Waals surface area contributed by atoms with Crippen LogP contribution in [0.1, 0.15) is 56.6 Å². The van der Waals surface area contributed by atoms with Gasteiger partial charge in [0.05, 0.1) is 0 Å². The van der Waals surface area contributed by atoms with Gasteiger partial charge in [-0.1, -0.05) is 80.4 Å². The lowest BCUT2D eigenvalue weighted by atomic mass is 9.86. The molecule has 34 heavy (non-hydrogen) atoms. The summed E-state index contributed by atoms with van der Waals surface area (Å²) in [6, 6.07) is 17.7. The summed E-state index contributed by atoms with van der Waals surface area (Å²) < 4.78 is 10.7. The average Bonchev–Trinajstić information content (AvgIpc) is 2.86. The molecule has 1 fully saturated rings. The maximum absolute atomic E-state index is 12.8. The first kappa shape index (κ1) is 25.3. The maximum Gasteiger partial charge on any atom is 0.408 e. The van der Waals surface area contributed by atoms with Gasteiger partial charge in [0.15, 0.2) is 0 Å². The van der Waals surface area contributed by atoms with E-state index in [1.54, 1.807) is 0 Å². The molecule has 0 aromatic heterocycles. The smallest absolute Gasteiger partial charge is 0.408 e. The largest absolute Gasteiger partial charge is 0.459 e. The topological polar surface area (TPSA) is 93.7 Å². The standard InChI is InChI=1S/C27H34N2O5/c1-20-10-8-9-15-23(20)28-25(30)17-16-24(26(31)33-18-21-11-4-2-5-12-21)29-27(32)34-19-22-13-6-3-7-14-22/h2-7,11-14,20,23-24H,8-10,15-19H2,1H3,(H,28,30)(H,29,32). The molecule has 182 valence electrons. The molecule has 3 rings (SSSR count). The van der Waals surface area contributed by atoms with E-state index in [-0.39, 0.29) is 38.0 Å². The second-order valence-corrected chi connectivity index (χ2v) is 8.83. The minimum absolute atomic E-state index is 0.0819. The van der Waals surface area contributed by atoms with Crippen LogP contribution in [0.15, 0.2) is 60.7 Å². The van der Waals surface area contributed by atoms with Crippen molar-refractivity contribution in [2.24, 2.45) is 5.92 Å². The molecule has 2 aromatic rings. The molecule has 3 atom stereocenters. The molecule has 1 aliphatic rings. The number of carbonyl (C=O) groups excluding carboxylic acids is 3. The number of hydrogen-bond acceptors (Lipinski definition) is 5. The predicted molar refractivity (Wildman–Crippen MR) is 129 cm³/mol. The summed E-state index contributed by atoms with van der Waals surface area (Å²) in [7, 11) is 0. The second kappa shape index (κ2) is 13.4. The Morgan fingerprint density at radius 1 is 0.882 bits per heavy atom. The van der Waals surface area contributed by atoms with Crippen molar-refractivity contribution in [2.75, 3.05) is 0 Å². The Morgan fingerprint density at radius 3 is 2.09 bits per heavy atom. The minimum Gasteiger partial charge on any atom is -0.459 e. The van der Waals surface area contributed by atoms with Crippen LogP contribution in [0.4, 0.5) is 4.79 Å². The normalized spacial score (nSPS) is 18.4. The number of ether oxygens (including phenoxy) is 2. The number of nitrogens with one attached hydrogen (secondary N) is 2. The third-order valence-electron chi connectivity index (χ3n) is 6.13. The Hall–Kier alpha value is -3.35. The van der Waals surface area contributed by atoms with Crippen LogP contribution in [0.5, 0.6) is 0 Å². The molecule has 0 bridgehead atoms. The van der Waals surface area contributed by atoms with Gasteiger partial charge in [0.1, 0.15) is 19.3 Å². The van der Waals surface area contributed by atoms with E-state index in [2.05, 4.69) is 17.6 Å². The quantitative estimate of drug-likeness (QED) is 0.503. The van der Waals surface area contributed by atoms with E-state index in [0.29, 0.717) is 5.92 Å². The first-order valence-corrected chi connectivity index (χ1v) is 12.0. The van der Waals surface area contributed by atoms with Crippen LogP contribution in [0.3, 0.4) is 0 Å². The number of hydrogen-bond donors (Lipinski definition) is 2. The van der Waals surface area contributed by atoms with Crippen LogP contribution in [-0.2, 0) is 32.3 Å². The molecule has 7 heteroatoms. The Labute approximate surface area is 201 Å². The molecule has 1 aliphatic carbocycles. The van der Waals surface area contributed by atoms with Crippen LogP contribution < -0.4 is 10.6 Å². The summed E-state index contributed by atoms with van der Waals surface area (Å²) in [4.78, 5) is 37.7. The maximum atomic E-state index is 12.8. The predicted octanol–water partition coefficient (Wildman–Crippen LogP) is 4.50. The van der Waals surface area contributed by atoms with Crippen molar-refractivity contribution in [3.63, 3.8) is 0 Å². The van der Waals surface area contributed by atoms with Crippen LogP contribution in [-0.4, -0.2) is 30.1 Å². The van der Waals surface area contributed by atoms with Crippen LogP contribution in [0.25, 0.3) is 0 Å². The summed E-state index contributed by atoms with van der Waals surface area (Å²) >= 11 is 0. The van der Waals surface area contributed by atoms with Gasteiger partial charge >= 0.3 is 12.1 Å². The van der Waals surface area contributed by atoms with Gasteiger partial charge in [0.25, 0.3) is 0 Å². The van der Waals surface area contributed by atoms with E-state index in [1.807, 2.05) is 60.7 Å². The van der Waals surface area contributed by atoms with Gasteiger partial charge in [0.2, 0.25) is 5.91 Å². The van der Waals surface area contributed by atoms with E-state index in [4.69, 9.17) is 9.47 Å². The van der Waals surface area contributed by atoms with Crippen molar-refractivity contribution in [1.29, 1.82) is 0 Å². The minimum atomic E-state index is -0.985. The molecular formula is C27H34N2O5. The fourth-order valence-electron chi connectivity index (χ4n) is 4.07. The number of carbonyl (C=O) groups is 3. The zero-order chi connectivity index (χ0) is 24.2. The molecule has 2 N–H and O–H groups in total. The van der Waals surface area contributed by atoms with Crippen LogP contribution in [0, 0.1) is 5.92 Å². The average molecular weight is 467 g/mol. The Bertz CT molecular complexity index is 919. The highest BCUT2D eigenvalue weighted by atomic mass is 16.6. The van der Waals surface area contributed by atoms with Crippen molar-refractivity contribution >= 4 is 18.0 Å². The lowest BCUT2D eigenvalue weighted by Gasteiger charge is -2.29. The zero-order valence-corrected chi connectivity index (χ0v) is 19.7. The SMILES string of the molecule is CC1CCCCC1NC(=O)CCC(NC(=O)OCc1ccccc1)C(=O)OCc1ccccc1. The van der Waals surface area contributed by atoms with E-state index in [9.17, 15) is 14.4 Å². The van der Waals surface area contributed by atoms with Gasteiger partial charge < -0.3 is 20.1 Å². The highest BCUT2D eigenvalue weighted by Crippen LogP contribution is 2.23. The Kier molecular flexibility index (Phi) is 9.95. The number of rotatable bonds is 10. The molecular weight excluding hydrogens is 432 g/mol. The van der Waals surface area contributed by atoms with E-state index in [0.717, 1.165) is 30.4 Å². The monoisotopic (exact) mass is 466 g/mol. The molecule has 0 radical (unpaired) electrons. The summed E-state index contributed by atoms with van der Waals surface area (Å²) in [6.45, 7) is 2.32. The number of esters is 1. The van der Waals surface area contributed by atoms with Crippen molar-refractivity contribution < 1.29 is 23.9 Å². The molecule has 2 aromatic carbocycles. The third-order valence-corrected chi connectivity index (χ3v) is 6.13. The van der Waals surface area contributed by atoms with Crippen molar-refractivity contribution in [1.82, 2.24) is 10.6 Å². The van der Waals surface area contributed by atoms with Crippen LogP contribution >= 0.6 is 0 Å². The fourth-order valence-corrected chi connectivity index (χ4v) is 4.07. The lowest BCUT2D eigenvalue weighted by molar-refractivity contribution is -0.147. The highest BCUT2D eigenvalue weighted by molar-refractivity contribution is 5.83. The van der Waals surface area contributed by atoms with E-state index < -0.39 is 18.1 Å². The molecule has 2 amide bonds. The zero-order valence-electron chi connectivity index (χ0n) is 19.7. The summed E-state index contributed by atoms with van der Waals surface area (Å²) in [5.74, 6) is -0.283. The number of amides is 2. The molecule has 0 spiro atoms. The van der Waals surface area contributed by atoms with Crippen molar-refractivity contribution in [3.05, 3.63) is 71.8 Å². The first-order chi connectivity index (χ1) is 16.5. The first-order valence-electron chi connectivity index (χ1n) is 12.0. The second-order valence-electron chi connectivity index (χ2n) is 8.83. The molecule has 0 heterocycles. The van der Waals surface area contributed by atoms with Crippen molar-refractivity contribution in [2.45, 2.75) is 70.7 Å².